The van der Waals surface area contributed by atoms with Crippen molar-refractivity contribution in [3.05, 3.63) is 33.8 Å². The first kappa shape index (κ1) is 19.5. The van der Waals surface area contributed by atoms with Crippen LogP contribution in [0.5, 0.6) is 0 Å². The second-order valence-corrected chi connectivity index (χ2v) is 5.34. The van der Waals surface area contributed by atoms with Crippen LogP contribution in [0.3, 0.4) is 0 Å². The molecule has 0 aliphatic heterocycles. The van der Waals surface area contributed by atoms with E-state index in [1.807, 2.05) is 0 Å². The molecular weight excluding hydrogens is 343 g/mol. The van der Waals surface area contributed by atoms with Gasteiger partial charge in [0.05, 0.1) is 23.3 Å². The van der Waals surface area contributed by atoms with Crippen molar-refractivity contribution in [1.82, 2.24) is 5.43 Å². The number of ether oxygens (including phenoxy) is 2. The molecule has 0 saturated carbocycles. The number of hydrogen-bond acceptors (Lipinski definition) is 5. The van der Waals surface area contributed by atoms with E-state index in [9.17, 15) is 9.90 Å². The van der Waals surface area contributed by atoms with Gasteiger partial charge in [0.15, 0.2) is 5.60 Å². The second kappa shape index (κ2) is 8.96. The predicted octanol–water partition coefficient (Wildman–Crippen LogP) is 3.69. The Morgan fingerprint density at radius 1 is 1.22 bits per heavy atom. The van der Waals surface area contributed by atoms with Crippen LogP contribution in [-0.2, 0) is 15.1 Å². The first-order valence-corrected chi connectivity index (χ1v) is 7.96. The lowest BCUT2D eigenvalue weighted by atomic mass is 9.91. The summed E-state index contributed by atoms with van der Waals surface area (Å²) in [5.41, 5.74) is 1.07. The van der Waals surface area contributed by atoms with Crippen molar-refractivity contribution in [2.24, 2.45) is 5.10 Å². The van der Waals surface area contributed by atoms with Crippen molar-refractivity contribution in [1.29, 1.82) is 0 Å². The fourth-order valence-electron chi connectivity index (χ4n) is 1.87. The number of amides is 1. The van der Waals surface area contributed by atoms with Gasteiger partial charge < -0.3 is 14.6 Å². The Labute approximate surface area is 145 Å². The van der Waals surface area contributed by atoms with Gasteiger partial charge in [0.25, 0.3) is 0 Å². The van der Waals surface area contributed by atoms with Crippen LogP contribution in [0.1, 0.15) is 32.8 Å². The van der Waals surface area contributed by atoms with Crippen LogP contribution < -0.4 is 5.43 Å². The Kier molecular flexibility index (Phi) is 7.61. The summed E-state index contributed by atoms with van der Waals surface area (Å²) >= 11 is 11.9. The van der Waals surface area contributed by atoms with E-state index in [1.54, 1.807) is 32.9 Å². The first-order chi connectivity index (χ1) is 10.9. The molecule has 1 unspecified atom stereocenters. The number of rotatable bonds is 6. The number of nitrogens with one attached hydrogen (secondary N) is 1. The third kappa shape index (κ3) is 4.99. The Morgan fingerprint density at radius 2 is 1.87 bits per heavy atom. The summed E-state index contributed by atoms with van der Waals surface area (Å²) in [6.45, 7) is 5.63. The number of carbonyl (C=O) groups is 1. The zero-order valence-corrected chi connectivity index (χ0v) is 14.7. The Bertz CT molecular complexity index is 581. The molecule has 1 atom stereocenters. The fraction of sp³-hybridized carbons (Fsp3) is 0.467. The number of hydrogen-bond donors (Lipinski definition) is 2. The van der Waals surface area contributed by atoms with Crippen LogP contribution in [0.2, 0.25) is 10.0 Å². The summed E-state index contributed by atoms with van der Waals surface area (Å²) < 4.78 is 10.1. The molecule has 0 fully saturated rings. The molecule has 0 bridgehead atoms. The van der Waals surface area contributed by atoms with E-state index in [0.29, 0.717) is 15.6 Å². The minimum absolute atomic E-state index is 0.0612. The van der Waals surface area contributed by atoms with Crippen LogP contribution in [-0.4, -0.2) is 30.3 Å². The van der Waals surface area contributed by atoms with Gasteiger partial charge >= 0.3 is 6.09 Å². The van der Waals surface area contributed by atoms with Crippen molar-refractivity contribution in [3.63, 3.8) is 0 Å². The normalized spacial score (nSPS) is 14.1. The van der Waals surface area contributed by atoms with Gasteiger partial charge in [0.1, 0.15) is 0 Å². The highest BCUT2D eigenvalue weighted by Crippen LogP contribution is 2.32. The Hall–Kier alpha value is -1.50. The number of aliphatic hydroxyl groups is 1. The van der Waals surface area contributed by atoms with Crippen molar-refractivity contribution in [3.8, 4) is 0 Å². The minimum Gasteiger partial charge on any atom is -0.478 e. The molecule has 128 valence electrons. The van der Waals surface area contributed by atoms with E-state index < -0.39 is 11.7 Å². The number of hydrazone groups is 1. The number of carbonyl (C=O) groups excluding carboxylic acids is 1. The van der Waals surface area contributed by atoms with E-state index in [4.69, 9.17) is 32.7 Å². The molecule has 0 saturated heterocycles. The largest absolute Gasteiger partial charge is 0.478 e. The quantitative estimate of drug-likeness (QED) is 0.459. The molecule has 0 heterocycles. The third-order valence-corrected chi connectivity index (χ3v) is 3.81. The van der Waals surface area contributed by atoms with Crippen LogP contribution in [0.15, 0.2) is 23.3 Å². The van der Waals surface area contributed by atoms with Crippen molar-refractivity contribution >= 4 is 35.2 Å². The zero-order chi connectivity index (χ0) is 17.5. The summed E-state index contributed by atoms with van der Waals surface area (Å²) in [6.07, 6.45) is -0.494. The van der Waals surface area contributed by atoms with Gasteiger partial charge in [-0.05, 0) is 38.0 Å². The summed E-state index contributed by atoms with van der Waals surface area (Å²) in [6, 6.07) is 4.73. The Balaban J connectivity index is 3.19. The molecule has 1 aromatic rings. The van der Waals surface area contributed by atoms with Crippen LogP contribution >= 0.6 is 23.2 Å². The Morgan fingerprint density at radius 3 is 2.39 bits per heavy atom. The van der Waals surface area contributed by atoms with E-state index >= 15 is 0 Å². The second-order valence-electron chi connectivity index (χ2n) is 4.52. The van der Waals surface area contributed by atoms with E-state index in [0.717, 1.165) is 0 Å². The van der Waals surface area contributed by atoms with Gasteiger partial charge in [-0.3, -0.25) is 0 Å². The summed E-state index contributed by atoms with van der Waals surface area (Å²) in [4.78, 5) is 11.4. The lowest BCUT2D eigenvalue weighted by Gasteiger charge is -2.28. The molecule has 6 nitrogen and oxygen atoms in total. The first-order valence-electron chi connectivity index (χ1n) is 7.20. The van der Waals surface area contributed by atoms with E-state index in [1.165, 1.54) is 6.07 Å². The molecule has 1 rings (SSSR count). The smallest absolute Gasteiger partial charge is 0.427 e. The average molecular weight is 363 g/mol. The van der Waals surface area contributed by atoms with Crippen LogP contribution in [0.4, 0.5) is 4.79 Å². The number of halogens is 2. The minimum atomic E-state index is -1.57. The SMILES string of the molecule is CCOC(=O)N/N=C(/OCC)C(O)(CC)c1ccc(Cl)c(Cl)c1. The van der Waals surface area contributed by atoms with E-state index in [2.05, 4.69) is 10.5 Å². The molecule has 23 heavy (non-hydrogen) atoms. The molecule has 8 heteroatoms. The monoisotopic (exact) mass is 362 g/mol. The van der Waals surface area contributed by atoms with Gasteiger partial charge in [-0.15, -0.1) is 5.10 Å². The van der Waals surface area contributed by atoms with Crippen LogP contribution in [0.25, 0.3) is 0 Å². The highest BCUT2D eigenvalue weighted by atomic mass is 35.5. The maximum absolute atomic E-state index is 11.4. The number of benzene rings is 1. The molecule has 2 N–H and O–H groups in total. The van der Waals surface area contributed by atoms with E-state index in [-0.39, 0.29) is 25.5 Å². The van der Waals surface area contributed by atoms with Gasteiger partial charge in [0, 0.05) is 0 Å². The zero-order valence-electron chi connectivity index (χ0n) is 13.2. The average Bonchev–Trinajstić information content (AvgIpc) is 2.53. The summed E-state index contributed by atoms with van der Waals surface area (Å²) in [5.74, 6) is -0.0612. The topological polar surface area (TPSA) is 80.2 Å². The highest BCUT2D eigenvalue weighted by molar-refractivity contribution is 6.42. The maximum Gasteiger partial charge on any atom is 0.427 e. The standard InChI is InChI=1S/C15H20Cl2N2O4/c1-4-15(21,10-7-8-11(16)12(17)9-10)13(22-5-2)18-19-14(20)23-6-3/h7-9,21H,4-6H2,1-3H3,(H,19,20)/b18-13+. The highest BCUT2D eigenvalue weighted by Gasteiger charge is 2.36. The van der Waals surface area contributed by atoms with Gasteiger partial charge in [-0.2, -0.15) is 0 Å². The summed E-state index contributed by atoms with van der Waals surface area (Å²) in [5, 5.41) is 15.5. The molecule has 0 radical (unpaired) electrons. The molecule has 0 aliphatic rings. The predicted molar refractivity (Wildman–Crippen MR) is 89.9 cm³/mol. The molecular formula is C15H20Cl2N2O4. The molecule has 0 aliphatic carbocycles. The molecule has 1 aromatic carbocycles. The maximum atomic E-state index is 11.4. The van der Waals surface area contributed by atoms with Gasteiger partial charge in [-0.1, -0.05) is 36.2 Å². The van der Waals surface area contributed by atoms with Gasteiger partial charge in [-0.25, -0.2) is 10.2 Å². The lowest BCUT2D eigenvalue weighted by molar-refractivity contribution is 0.0727. The molecule has 1 amide bonds. The fourth-order valence-corrected chi connectivity index (χ4v) is 2.17. The van der Waals surface area contributed by atoms with Crippen molar-refractivity contribution in [2.45, 2.75) is 32.8 Å². The summed E-state index contributed by atoms with van der Waals surface area (Å²) in [7, 11) is 0. The van der Waals surface area contributed by atoms with Crippen molar-refractivity contribution < 1.29 is 19.4 Å². The lowest BCUT2D eigenvalue weighted by Crippen LogP contribution is -2.39. The third-order valence-electron chi connectivity index (χ3n) is 3.07. The van der Waals surface area contributed by atoms with Gasteiger partial charge in [0.2, 0.25) is 5.90 Å². The number of nitrogens with zero attached hydrogens (tertiary/aromatic N) is 1. The van der Waals surface area contributed by atoms with Crippen molar-refractivity contribution in [2.75, 3.05) is 13.2 Å². The van der Waals surface area contributed by atoms with Crippen LogP contribution in [0, 0.1) is 0 Å². The molecule has 0 aromatic heterocycles. The molecule has 0 spiro atoms.